The van der Waals surface area contributed by atoms with E-state index in [1.807, 2.05) is 18.2 Å². The number of hydrogen-bond donors (Lipinski definition) is 2. The van der Waals surface area contributed by atoms with Crippen LogP contribution >= 0.6 is 0 Å². The van der Waals surface area contributed by atoms with Gasteiger partial charge in [0, 0.05) is 43.9 Å². The Labute approximate surface area is 246 Å². The molecular formula is C28H31N3O12. The molecule has 0 unspecified atom stereocenters. The zero-order chi connectivity index (χ0) is 31.8. The van der Waals surface area contributed by atoms with E-state index in [0.717, 1.165) is 12.0 Å². The highest BCUT2D eigenvalue weighted by Gasteiger charge is 2.11. The van der Waals surface area contributed by atoms with E-state index in [4.69, 9.17) is 38.7 Å². The number of carboxylic acids is 2. The smallest absolute Gasteiger partial charge is 0.414 e. The summed E-state index contributed by atoms with van der Waals surface area (Å²) in [5.74, 6) is -1.23. The summed E-state index contributed by atoms with van der Waals surface area (Å²) in [7, 11) is 3.19. The molecule has 230 valence electrons. The van der Waals surface area contributed by atoms with Crippen molar-refractivity contribution in [1.29, 1.82) is 0 Å². The van der Waals surface area contributed by atoms with Crippen LogP contribution in [0.25, 0.3) is 0 Å². The minimum atomic E-state index is -1.82. The van der Waals surface area contributed by atoms with E-state index >= 15 is 0 Å². The second-order valence-corrected chi connectivity index (χ2v) is 8.59. The van der Waals surface area contributed by atoms with Crippen LogP contribution in [0.2, 0.25) is 0 Å². The van der Waals surface area contributed by atoms with Crippen molar-refractivity contribution in [2.75, 3.05) is 47.1 Å². The zero-order valence-corrected chi connectivity index (χ0v) is 23.4. The number of ether oxygens (including phenoxy) is 4. The Bertz CT molecular complexity index is 1290. The first-order chi connectivity index (χ1) is 20.5. The van der Waals surface area contributed by atoms with E-state index in [1.54, 1.807) is 38.5 Å². The number of methoxy groups -OCH3 is 2. The number of nitro benzene ring substituents is 2. The van der Waals surface area contributed by atoms with E-state index in [-0.39, 0.29) is 11.4 Å². The number of benzene rings is 3. The highest BCUT2D eigenvalue weighted by molar-refractivity contribution is 6.27. The van der Waals surface area contributed by atoms with Crippen LogP contribution in [0.15, 0.2) is 66.7 Å². The molecule has 0 aliphatic rings. The van der Waals surface area contributed by atoms with Gasteiger partial charge in [-0.3, -0.25) is 25.1 Å². The highest BCUT2D eigenvalue weighted by Crippen LogP contribution is 2.27. The van der Waals surface area contributed by atoms with E-state index in [1.165, 1.54) is 24.3 Å². The van der Waals surface area contributed by atoms with Crippen LogP contribution < -0.4 is 18.9 Å². The highest BCUT2D eigenvalue weighted by atomic mass is 16.6. The third kappa shape index (κ3) is 11.9. The van der Waals surface area contributed by atoms with E-state index < -0.39 is 21.8 Å². The fourth-order valence-corrected chi connectivity index (χ4v) is 3.57. The molecule has 0 saturated carbocycles. The van der Waals surface area contributed by atoms with Gasteiger partial charge in [0.05, 0.1) is 24.1 Å². The number of carbonyl (C=O) groups is 2. The van der Waals surface area contributed by atoms with Crippen molar-refractivity contribution in [1.82, 2.24) is 4.90 Å². The Hall–Kier alpha value is -5.44. The number of non-ortho nitro benzene ring substituents is 2. The number of rotatable bonds is 15. The number of nitrogens with zero attached hydrogens (tertiary/aromatic N) is 3. The molecule has 0 spiro atoms. The van der Waals surface area contributed by atoms with E-state index in [9.17, 15) is 20.2 Å². The van der Waals surface area contributed by atoms with Gasteiger partial charge in [-0.1, -0.05) is 6.07 Å². The molecule has 3 aromatic rings. The molecule has 0 atom stereocenters. The summed E-state index contributed by atoms with van der Waals surface area (Å²) in [6.45, 7) is 2.65. The fraction of sp³-hybridized carbons (Fsp3) is 0.286. The predicted octanol–water partition coefficient (Wildman–Crippen LogP) is 3.68. The Morgan fingerprint density at radius 3 is 1.51 bits per heavy atom. The minimum absolute atomic E-state index is 0.00675. The molecule has 0 aliphatic heterocycles. The van der Waals surface area contributed by atoms with Gasteiger partial charge in [0.2, 0.25) is 0 Å². The van der Waals surface area contributed by atoms with Crippen LogP contribution in [-0.4, -0.2) is 84.0 Å². The lowest BCUT2D eigenvalue weighted by Gasteiger charge is -2.23. The average molecular weight is 602 g/mol. The fourth-order valence-electron chi connectivity index (χ4n) is 3.57. The van der Waals surface area contributed by atoms with Crippen LogP contribution in [-0.2, 0) is 16.0 Å². The van der Waals surface area contributed by atoms with Crippen LogP contribution in [0, 0.1) is 20.2 Å². The predicted molar refractivity (Wildman–Crippen MR) is 152 cm³/mol. The molecular weight excluding hydrogens is 570 g/mol. The molecule has 15 heteroatoms. The molecule has 0 bridgehead atoms. The quantitative estimate of drug-likeness (QED) is 0.145. The third-order valence-electron chi connectivity index (χ3n) is 5.80. The van der Waals surface area contributed by atoms with Gasteiger partial charge in [-0.15, -0.1) is 0 Å². The summed E-state index contributed by atoms with van der Waals surface area (Å²) in [5.41, 5.74) is 1.09. The molecule has 0 fully saturated rings. The maximum absolute atomic E-state index is 10.8. The minimum Gasteiger partial charge on any atom is -0.493 e. The summed E-state index contributed by atoms with van der Waals surface area (Å²) >= 11 is 0. The monoisotopic (exact) mass is 601 g/mol. The normalized spacial score (nSPS) is 10.2. The topological polar surface area (TPSA) is 201 Å². The van der Waals surface area contributed by atoms with Gasteiger partial charge in [-0.05, 0) is 48.4 Å². The zero-order valence-electron chi connectivity index (χ0n) is 23.4. The number of carboxylic acid groups (broad SMARTS) is 2. The maximum atomic E-state index is 10.8. The largest absolute Gasteiger partial charge is 0.493 e. The first-order valence-corrected chi connectivity index (χ1v) is 12.7. The van der Waals surface area contributed by atoms with Crippen LogP contribution in [0.1, 0.15) is 5.56 Å². The Morgan fingerprint density at radius 1 is 0.698 bits per heavy atom. The van der Waals surface area contributed by atoms with Gasteiger partial charge in [-0.25, -0.2) is 9.59 Å². The second kappa shape index (κ2) is 17.4. The molecule has 2 N–H and O–H groups in total. The molecule has 15 nitrogen and oxygen atoms in total. The van der Waals surface area contributed by atoms with Gasteiger partial charge in [0.15, 0.2) is 11.5 Å². The van der Waals surface area contributed by atoms with Gasteiger partial charge in [0.1, 0.15) is 24.7 Å². The molecule has 3 rings (SSSR count). The average Bonchev–Trinajstić information content (AvgIpc) is 3.00. The molecule has 0 heterocycles. The standard InChI is InChI=1S/C26H29N3O8.C2H2O4/c1-34-25-12-3-20(19-26(25)35-2)13-14-27(15-17-36-23-8-4-21(5-9-23)28(30)31)16-18-37-24-10-6-22(7-11-24)29(32)33;3-1(4)2(5)6/h3-12,19H,13-18H2,1-2H3;(H,3,4)(H,5,6). The van der Waals surface area contributed by atoms with Crippen molar-refractivity contribution in [2.24, 2.45) is 0 Å². The Kier molecular flexibility index (Phi) is 13.7. The first kappa shape index (κ1) is 33.8. The molecule has 0 saturated heterocycles. The van der Waals surface area contributed by atoms with Crippen LogP contribution in [0.5, 0.6) is 23.0 Å². The van der Waals surface area contributed by atoms with Gasteiger partial charge in [0.25, 0.3) is 11.4 Å². The second-order valence-electron chi connectivity index (χ2n) is 8.59. The molecule has 3 aromatic carbocycles. The molecule has 0 aromatic heterocycles. The van der Waals surface area contributed by atoms with Crippen molar-refractivity contribution < 1.29 is 48.6 Å². The Balaban J connectivity index is 0.000000973. The number of aliphatic carboxylic acids is 2. The van der Waals surface area contributed by atoms with Gasteiger partial charge in [-0.2, -0.15) is 0 Å². The summed E-state index contributed by atoms with van der Waals surface area (Å²) < 4.78 is 22.3. The van der Waals surface area contributed by atoms with E-state index in [2.05, 4.69) is 4.90 Å². The molecule has 0 radical (unpaired) electrons. The van der Waals surface area contributed by atoms with Crippen molar-refractivity contribution >= 4 is 23.3 Å². The van der Waals surface area contributed by atoms with Crippen molar-refractivity contribution in [2.45, 2.75) is 6.42 Å². The van der Waals surface area contributed by atoms with Crippen molar-refractivity contribution in [3.05, 3.63) is 92.5 Å². The van der Waals surface area contributed by atoms with Crippen LogP contribution in [0.4, 0.5) is 11.4 Å². The third-order valence-corrected chi connectivity index (χ3v) is 5.80. The lowest BCUT2D eigenvalue weighted by Crippen LogP contribution is -2.34. The maximum Gasteiger partial charge on any atom is 0.414 e. The SMILES string of the molecule is COc1ccc(CCN(CCOc2ccc([N+](=O)[O-])cc2)CCOc2ccc([N+](=O)[O-])cc2)cc1OC.O=C(O)C(=O)O. The van der Waals surface area contributed by atoms with Gasteiger partial charge >= 0.3 is 11.9 Å². The summed E-state index contributed by atoms with van der Waals surface area (Å²) in [5, 5.41) is 36.4. The van der Waals surface area contributed by atoms with E-state index in [0.29, 0.717) is 55.8 Å². The van der Waals surface area contributed by atoms with Gasteiger partial charge < -0.3 is 29.2 Å². The van der Waals surface area contributed by atoms with Crippen LogP contribution in [0.3, 0.4) is 0 Å². The molecule has 0 amide bonds. The summed E-state index contributed by atoms with van der Waals surface area (Å²) in [6.07, 6.45) is 0.745. The van der Waals surface area contributed by atoms with Crippen molar-refractivity contribution in [3.63, 3.8) is 0 Å². The lowest BCUT2D eigenvalue weighted by molar-refractivity contribution is -0.385. The first-order valence-electron chi connectivity index (χ1n) is 12.7. The molecule has 43 heavy (non-hydrogen) atoms. The number of hydrogen-bond acceptors (Lipinski definition) is 11. The molecule has 0 aliphatic carbocycles. The Morgan fingerprint density at radius 2 is 1.14 bits per heavy atom. The van der Waals surface area contributed by atoms with Crippen molar-refractivity contribution in [3.8, 4) is 23.0 Å². The lowest BCUT2D eigenvalue weighted by atomic mass is 10.1. The summed E-state index contributed by atoms with van der Waals surface area (Å²) in [4.78, 5) is 41.1. The number of nitro groups is 2. The summed E-state index contributed by atoms with van der Waals surface area (Å²) in [6, 6.07) is 17.7.